The van der Waals surface area contributed by atoms with Gasteiger partial charge in [-0.25, -0.2) is 8.42 Å². The molecule has 0 radical (unpaired) electrons. The molecule has 0 N–H and O–H groups in total. The Morgan fingerprint density at radius 3 is 2.19 bits per heavy atom. The van der Waals surface area contributed by atoms with E-state index in [9.17, 15) is 26.4 Å². The minimum absolute atomic E-state index is 0.246. The van der Waals surface area contributed by atoms with E-state index in [0.29, 0.717) is 20.9 Å². The first-order valence-corrected chi connectivity index (χ1v) is 10.2. The lowest BCUT2D eigenvalue weighted by Crippen LogP contribution is -2.42. The van der Waals surface area contributed by atoms with E-state index in [4.69, 9.17) is 23.2 Å². The van der Waals surface area contributed by atoms with Crippen LogP contribution < -0.4 is 4.31 Å². The SMILES string of the molecule is CC(C(=O)Cl)N(c1cc(C(F)(F)F)ccc1Cl)S(=O)(=O)c1ccc(Br)cc1. The Morgan fingerprint density at radius 2 is 1.70 bits per heavy atom. The Hall–Kier alpha value is -1.29. The molecule has 0 bridgehead atoms. The number of anilines is 1. The van der Waals surface area contributed by atoms with Crippen molar-refractivity contribution in [3.63, 3.8) is 0 Å². The van der Waals surface area contributed by atoms with Crippen LogP contribution in [-0.2, 0) is 21.0 Å². The van der Waals surface area contributed by atoms with Gasteiger partial charge < -0.3 is 0 Å². The van der Waals surface area contributed by atoms with Crippen molar-refractivity contribution in [2.24, 2.45) is 0 Å². The predicted molar refractivity (Wildman–Crippen MR) is 101 cm³/mol. The molecule has 0 saturated carbocycles. The van der Waals surface area contributed by atoms with Crippen molar-refractivity contribution in [2.45, 2.75) is 24.0 Å². The molecule has 0 fully saturated rings. The first kappa shape index (κ1) is 22.0. The van der Waals surface area contributed by atoms with E-state index in [-0.39, 0.29) is 9.92 Å². The third kappa shape index (κ3) is 4.77. The Balaban J connectivity index is 2.73. The van der Waals surface area contributed by atoms with Gasteiger partial charge in [0.25, 0.3) is 10.0 Å². The van der Waals surface area contributed by atoms with Gasteiger partial charge in [0, 0.05) is 4.47 Å². The largest absolute Gasteiger partial charge is 0.416 e. The van der Waals surface area contributed by atoms with Crippen molar-refractivity contribution >= 4 is 60.1 Å². The molecule has 1 atom stereocenters. The highest BCUT2D eigenvalue weighted by Crippen LogP contribution is 2.38. The maximum Gasteiger partial charge on any atom is 0.416 e. The lowest BCUT2D eigenvalue weighted by Gasteiger charge is -2.29. The second-order valence-corrected chi connectivity index (χ2v) is 8.91. The summed E-state index contributed by atoms with van der Waals surface area (Å²) in [5.74, 6) is 0. The molecule has 1 unspecified atom stereocenters. The summed E-state index contributed by atoms with van der Waals surface area (Å²) in [6.45, 7) is 1.16. The predicted octanol–water partition coefficient (Wildman–Crippen LogP) is 5.47. The van der Waals surface area contributed by atoms with Crippen LogP contribution in [0.3, 0.4) is 0 Å². The second kappa shape index (κ2) is 7.98. The fourth-order valence-electron chi connectivity index (χ4n) is 2.22. The number of nitrogens with zero attached hydrogens (tertiary/aromatic N) is 1. The van der Waals surface area contributed by atoms with Gasteiger partial charge in [0.15, 0.2) is 0 Å². The van der Waals surface area contributed by atoms with Crippen LogP contribution in [0.4, 0.5) is 18.9 Å². The molecule has 11 heteroatoms. The van der Waals surface area contributed by atoms with Crippen LogP contribution in [0.1, 0.15) is 12.5 Å². The molecule has 0 aliphatic rings. The van der Waals surface area contributed by atoms with Crippen LogP contribution in [0.15, 0.2) is 51.8 Å². The summed E-state index contributed by atoms with van der Waals surface area (Å²) in [5.41, 5.74) is -1.62. The molecular formula is C16H11BrCl2F3NO3S. The molecule has 0 aliphatic heterocycles. The topological polar surface area (TPSA) is 54.5 Å². The number of carbonyl (C=O) groups is 1. The molecule has 2 aromatic rings. The van der Waals surface area contributed by atoms with Crippen molar-refractivity contribution in [1.82, 2.24) is 0 Å². The molecule has 0 spiro atoms. The molecule has 0 aromatic heterocycles. The average molecular weight is 505 g/mol. The number of sulfonamides is 1. The zero-order valence-corrected chi connectivity index (χ0v) is 17.4. The monoisotopic (exact) mass is 503 g/mol. The first-order valence-electron chi connectivity index (χ1n) is 7.22. The number of hydrogen-bond donors (Lipinski definition) is 0. The summed E-state index contributed by atoms with van der Waals surface area (Å²) >= 11 is 14.6. The highest BCUT2D eigenvalue weighted by atomic mass is 79.9. The Labute approximate surface area is 172 Å². The van der Waals surface area contributed by atoms with E-state index in [1.807, 2.05) is 0 Å². The van der Waals surface area contributed by atoms with Gasteiger partial charge in [-0.15, -0.1) is 0 Å². The Morgan fingerprint density at radius 1 is 1.15 bits per heavy atom. The van der Waals surface area contributed by atoms with E-state index >= 15 is 0 Å². The van der Waals surface area contributed by atoms with Crippen molar-refractivity contribution in [3.05, 3.63) is 57.5 Å². The lowest BCUT2D eigenvalue weighted by atomic mass is 10.2. The van der Waals surface area contributed by atoms with Crippen LogP contribution in [0.2, 0.25) is 5.02 Å². The van der Waals surface area contributed by atoms with Gasteiger partial charge in [-0.3, -0.25) is 9.10 Å². The molecule has 0 saturated heterocycles. The molecule has 0 heterocycles. The van der Waals surface area contributed by atoms with Gasteiger partial charge in [-0.2, -0.15) is 13.2 Å². The van der Waals surface area contributed by atoms with E-state index in [0.717, 1.165) is 13.0 Å². The van der Waals surface area contributed by atoms with Crippen molar-refractivity contribution in [3.8, 4) is 0 Å². The molecular weight excluding hydrogens is 494 g/mol. The summed E-state index contributed by atoms with van der Waals surface area (Å²) < 4.78 is 66.4. The summed E-state index contributed by atoms with van der Waals surface area (Å²) in [4.78, 5) is 11.4. The quantitative estimate of drug-likeness (QED) is 0.507. The first-order chi connectivity index (χ1) is 12.4. The highest BCUT2D eigenvalue weighted by Gasteiger charge is 2.37. The normalized spacial score (nSPS) is 13.3. The maximum atomic E-state index is 13.1. The standard InChI is InChI=1S/C16H11BrCl2F3NO3S/c1-9(15(19)24)23(27(25,26)12-5-3-11(17)4-6-12)14-8-10(16(20,21)22)2-7-13(14)18/h2-9H,1H3. The minimum atomic E-state index is -4.74. The number of carbonyl (C=O) groups excluding carboxylic acids is 1. The molecule has 4 nitrogen and oxygen atoms in total. The number of rotatable bonds is 5. The summed E-state index contributed by atoms with van der Waals surface area (Å²) in [5, 5.41) is -1.36. The summed E-state index contributed by atoms with van der Waals surface area (Å²) in [6.07, 6.45) is -4.74. The van der Waals surface area contributed by atoms with Gasteiger partial charge in [0.1, 0.15) is 6.04 Å². The fourth-order valence-corrected chi connectivity index (χ4v) is 4.52. The zero-order valence-electron chi connectivity index (χ0n) is 13.5. The smallest absolute Gasteiger partial charge is 0.279 e. The van der Waals surface area contributed by atoms with Crippen molar-refractivity contribution in [1.29, 1.82) is 0 Å². The van der Waals surface area contributed by atoms with E-state index in [2.05, 4.69) is 15.9 Å². The molecule has 2 aromatic carbocycles. The van der Waals surface area contributed by atoms with E-state index < -0.39 is 38.7 Å². The molecule has 0 amide bonds. The third-order valence-electron chi connectivity index (χ3n) is 3.56. The summed E-state index contributed by atoms with van der Waals surface area (Å²) in [6, 6.07) is 6.03. The van der Waals surface area contributed by atoms with Gasteiger partial charge in [-0.05, 0) is 61.0 Å². The lowest BCUT2D eigenvalue weighted by molar-refractivity contribution is -0.137. The molecule has 0 aliphatic carbocycles. The number of halogens is 6. The molecule has 146 valence electrons. The summed E-state index contributed by atoms with van der Waals surface area (Å²) in [7, 11) is -4.44. The Bertz CT molecular complexity index is 966. The van der Waals surface area contributed by atoms with Gasteiger partial charge in [0.2, 0.25) is 5.24 Å². The third-order valence-corrected chi connectivity index (χ3v) is 6.62. The van der Waals surface area contributed by atoms with Crippen molar-refractivity contribution in [2.75, 3.05) is 4.31 Å². The molecule has 27 heavy (non-hydrogen) atoms. The highest BCUT2D eigenvalue weighted by molar-refractivity contribution is 9.10. The fraction of sp³-hybridized carbons (Fsp3) is 0.188. The van der Waals surface area contributed by atoms with Crippen LogP contribution in [0.25, 0.3) is 0 Å². The zero-order chi connectivity index (χ0) is 20.6. The minimum Gasteiger partial charge on any atom is -0.279 e. The van der Waals surface area contributed by atoms with Crippen LogP contribution in [0, 0.1) is 0 Å². The number of benzene rings is 2. The molecule has 2 rings (SSSR count). The number of alkyl halides is 3. The maximum absolute atomic E-state index is 13.1. The second-order valence-electron chi connectivity index (χ2n) is 5.40. The van der Waals surface area contributed by atoms with Crippen LogP contribution >= 0.6 is 39.1 Å². The number of hydrogen-bond acceptors (Lipinski definition) is 3. The van der Waals surface area contributed by atoms with Crippen LogP contribution in [0.5, 0.6) is 0 Å². The van der Waals surface area contributed by atoms with Crippen molar-refractivity contribution < 1.29 is 26.4 Å². The Kier molecular flexibility index (Phi) is 6.51. The average Bonchev–Trinajstić information content (AvgIpc) is 2.55. The van der Waals surface area contributed by atoms with Gasteiger partial charge >= 0.3 is 6.18 Å². The van der Waals surface area contributed by atoms with Gasteiger partial charge in [-0.1, -0.05) is 27.5 Å². The van der Waals surface area contributed by atoms with Gasteiger partial charge in [0.05, 0.1) is 21.2 Å². The van der Waals surface area contributed by atoms with E-state index in [1.54, 1.807) is 0 Å². The van der Waals surface area contributed by atoms with E-state index in [1.165, 1.54) is 24.3 Å². The van der Waals surface area contributed by atoms with Crippen LogP contribution in [-0.4, -0.2) is 19.7 Å².